The Morgan fingerprint density at radius 3 is 2.32 bits per heavy atom. The van der Waals surface area contributed by atoms with Crippen molar-refractivity contribution >= 4 is 28.4 Å². The van der Waals surface area contributed by atoms with Crippen LogP contribution in [0.15, 0.2) is 54.7 Å². The van der Waals surface area contributed by atoms with Crippen molar-refractivity contribution < 1.29 is 4.79 Å². The first-order valence-electron chi connectivity index (χ1n) is 12.7. The third-order valence-corrected chi connectivity index (χ3v) is 8.80. The van der Waals surface area contributed by atoms with Crippen molar-refractivity contribution in [3.05, 3.63) is 76.4 Å². The first-order valence-corrected chi connectivity index (χ1v) is 13.1. The van der Waals surface area contributed by atoms with E-state index in [1.165, 1.54) is 45.1 Å². The molecule has 0 N–H and O–H groups in total. The smallest absolute Gasteiger partial charge is 0.254 e. The van der Waals surface area contributed by atoms with Gasteiger partial charge in [-0.1, -0.05) is 41.9 Å². The lowest BCUT2D eigenvalue weighted by atomic mass is 9.81. The molecule has 5 heteroatoms. The Labute approximate surface area is 206 Å². The molecule has 6 rings (SSSR count). The Morgan fingerprint density at radius 2 is 1.62 bits per heavy atom. The Bertz CT molecular complexity index is 1190. The average Bonchev–Trinajstić information content (AvgIpc) is 3.41. The molecule has 3 aromatic rings. The van der Waals surface area contributed by atoms with Crippen molar-refractivity contribution in [1.82, 2.24) is 14.8 Å². The second kappa shape index (κ2) is 8.98. The standard InChI is InChI=1S/C29H32ClN3O/c1-32(29(34)24-12-13-25(30)28-23(24)7-4-16-31-28)17-19-8-10-20(11-9-19)18-33-26-14-15-27(33)22-6-3-2-5-21(22)26/h2-7,12-13,16,19-20,26-27H,8-11,14-15,17-18H2,1H3/t19?,20?,26-,27-/m0/s1. The van der Waals surface area contributed by atoms with Crippen LogP contribution in [0, 0.1) is 11.8 Å². The monoisotopic (exact) mass is 473 g/mol. The minimum absolute atomic E-state index is 0.0585. The lowest BCUT2D eigenvalue weighted by Crippen LogP contribution is -2.35. The van der Waals surface area contributed by atoms with Crippen molar-refractivity contribution in [2.45, 2.75) is 50.6 Å². The van der Waals surface area contributed by atoms with E-state index in [0.29, 0.717) is 34.1 Å². The van der Waals surface area contributed by atoms with Crippen molar-refractivity contribution in [1.29, 1.82) is 0 Å². The van der Waals surface area contributed by atoms with E-state index >= 15 is 0 Å². The van der Waals surface area contributed by atoms with Crippen molar-refractivity contribution in [2.75, 3.05) is 20.1 Å². The normalized spacial score (nSPS) is 26.1. The topological polar surface area (TPSA) is 36.4 Å². The summed E-state index contributed by atoms with van der Waals surface area (Å²) in [6, 6.07) is 17.8. The van der Waals surface area contributed by atoms with Gasteiger partial charge in [0.2, 0.25) is 0 Å². The van der Waals surface area contributed by atoms with Crippen LogP contribution in [0.3, 0.4) is 0 Å². The average molecular weight is 474 g/mol. The first kappa shape index (κ1) is 22.1. The van der Waals surface area contributed by atoms with Crippen LogP contribution < -0.4 is 0 Å². The minimum Gasteiger partial charge on any atom is -0.341 e. The lowest BCUT2D eigenvalue weighted by Gasteiger charge is -2.34. The van der Waals surface area contributed by atoms with Gasteiger partial charge in [-0.3, -0.25) is 14.7 Å². The summed E-state index contributed by atoms with van der Waals surface area (Å²) in [5.41, 5.74) is 4.55. The number of pyridine rings is 1. The van der Waals surface area contributed by atoms with Gasteiger partial charge in [0, 0.05) is 49.4 Å². The number of fused-ring (bicyclic) bond motifs is 6. The molecule has 0 unspecified atom stereocenters. The summed E-state index contributed by atoms with van der Waals surface area (Å²) < 4.78 is 0. The minimum atomic E-state index is 0.0585. The molecule has 2 atom stereocenters. The highest BCUT2D eigenvalue weighted by atomic mass is 35.5. The summed E-state index contributed by atoms with van der Waals surface area (Å²) >= 11 is 6.30. The first-order chi connectivity index (χ1) is 16.6. The van der Waals surface area contributed by atoms with E-state index in [2.05, 4.69) is 34.1 Å². The summed E-state index contributed by atoms with van der Waals surface area (Å²) in [7, 11) is 1.93. The summed E-state index contributed by atoms with van der Waals surface area (Å²) in [4.78, 5) is 22.3. The van der Waals surface area contributed by atoms with Gasteiger partial charge in [0.15, 0.2) is 0 Å². The molecule has 1 saturated carbocycles. The number of amides is 1. The molecule has 34 heavy (non-hydrogen) atoms. The van der Waals surface area contributed by atoms with Gasteiger partial charge in [-0.25, -0.2) is 0 Å². The zero-order chi connectivity index (χ0) is 23.2. The predicted molar refractivity (Wildman–Crippen MR) is 137 cm³/mol. The summed E-state index contributed by atoms with van der Waals surface area (Å²) in [6.45, 7) is 2.05. The van der Waals surface area contributed by atoms with Crippen LogP contribution >= 0.6 is 11.6 Å². The zero-order valence-corrected chi connectivity index (χ0v) is 20.5. The van der Waals surface area contributed by atoms with Gasteiger partial charge in [0.1, 0.15) is 0 Å². The van der Waals surface area contributed by atoms with Crippen LogP contribution in [0.4, 0.5) is 0 Å². The highest BCUT2D eigenvalue weighted by molar-refractivity contribution is 6.35. The highest BCUT2D eigenvalue weighted by Gasteiger charge is 2.44. The number of aromatic nitrogens is 1. The van der Waals surface area contributed by atoms with Crippen molar-refractivity contribution in [3.63, 3.8) is 0 Å². The van der Waals surface area contributed by atoms with E-state index in [1.807, 2.05) is 30.1 Å². The molecular formula is C29H32ClN3O. The van der Waals surface area contributed by atoms with Gasteiger partial charge < -0.3 is 4.90 Å². The molecule has 4 nitrogen and oxygen atoms in total. The molecule has 176 valence electrons. The number of carbonyl (C=O) groups excluding carboxylic acids is 1. The number of carbonyl (C=O) groups is 1. The molecule has 1 aromatic heterocycles. The number of benzene rings is 2. The van der Waals surface area contributed by atoms with Gasteiger partial charge >= 0.3 is 0 Å². The van der Waals surface area contributed by atoms with E-state index in [-0.39, 0.29) is 5.91 Å². The van der Waals surface area contributed by atoms with Crippen molar-refractivity contribution in [3.8, 4) is 0 Å². The van der Waals surface area contributed by atoms with E-state index < -0.39 is 0 Å². The molecule has 3 heterocycles. The van der Waals surface area contributed by atoms with Gasteiger partial charge in [-0.2, -0.15) is 0 Å². The predicted octanol–water partition coefficient (Wildman–Crippen LogP) is 6.66. The second-order valence-corrected chi connectivity index (χ2v) is 10.9. The quantitative estimate of drug-likeness (QED) is 0.415. The molecule has 2 bridgehead atoms. The Kier molecular flexibility index (Phi) is 5.82. The fourth-order valence-corrected chi connectivity index (χ4v) is 7.01. The number of hydrogen-bond donors (Lipinski definition) is 0. The molecular weight excluding hydrogens is 442 g/mol. The number of hydrogen-bond acceptors (Lipinski definition) is 3. The fraction of sp³-hybridized carbons (Fsp3) is 0.448. The maximum absolute atomic E-state index is 13.3. The number of nitrogens with zero attached hydrogens (tertiary/aromatic N) is 3. The molecule has 2 aromatic carbocycles. The van der Waals surface area contributed by atoms with Crippen LogP contribution in [0.5, 0.6) is 0 Å². The van der Waals surface area contributed by atoms with E-state index in [4.69, 9.17) is 11.6 Å². The molecule has 1 aliphatic carbocycles. The summed E-state index contributed by atoms with van der Waals surface area (Å²) in [5.74, 6) is 1.42. The Balaban J connectivity index is 1.05. The van der Waals surface area contributed by atoms with Crippen molar-refractivity contribution in [2.24, 2.45) is 11.8 Å². The van der Waals surface area contributed by atoms with E-state index in [1.54, 1.807) is 23.4 Å². The Morgan fingerprint density at radius 1 is 0.941 bits per heavy atom. The van der Waals surface area contributed by atoms with Crippen LogP contribution in [0.1, 0.15) is 72.1 Å². The molecule has 1 amide bonds. The Hall–Kier alpha value is -2.43. The number of halogens is 1. The van der Waals surface area contributed by atoms with Gasteiger partial charge in [0.25, 0.3) is 5.91 Å². The lowest BCUT2D eigenvalue weighted by molar-refractivity contribution is 0.0745. The second-order valence-electron chi connectivity index (χ2n) is 10.5. The highest BCUT2D eigenvalue weighted by Crippen LogP contribution is 2.53. The maximum Gasteiger partial charge on any atom is 0.254 e. The third-order valence-electron chi connectivity index (χ3n) is 8.49. The van der Waals surface area contributed by atoms with Crippen LogP contribution in [0.2, 0.25) is 5.02 Å². The maximum atomic E-state index is 13.3. The molecule has 3 aliphatic rings. The third kappa shape index (κ3) is 3.81. The molecule has 2 aliphatic heterocycles. The molecule has 1 saturated heterocycles. The van der Waals surface area contributed by atoms with E-state index in [9.17, 15) is 4.79 Å². The number of rotatable bonds is 5. The van der Waals surface area contributed by atoms with Crippen LogP contribution in [-0.4, -0.2) is 40.8 Å². The zero-order valence-electron chi connectivity index (χ0n) is 19.8. The van der Waals surface area contributed by atoms with Crippen LogP contribution in [0.25, 0.3) is 10.9 Å². The van der Waals surface area contributed by atoms with Gasteiger partial charge in [-0.15, -0.1) is 0 Å². The van der Waals surface area contributed by atoms with Gasteiger partial charge in [-0.05, 0) is 79.7 Å². The SMILES string of the molecule is CN(CC1CCC(CN2[C@H]3CC[C@H]2c2ccccc23)CC1)C(=O)c1ccc(Cl)c2ncccc12. The van der Waals surface area contributed by atoms with Gasteiger partial charge in [0.05, 0.1) is 10.5 Å². The fourth-order valence-electron chi connectivity index (χ4n) is 6.80. The van der Waals surface area contributed by atoms with Crippen LogP contribution in [-0.2, 0) is 0 Å². The molecule has 0 radical (unpaired) electrons. The summed E-state index contributed by atoms with van der Waals surface area (Å²) in [6.07, 6.45) is 9.32. The van der Waals surface area contributed by atoms with E-state index in [0.717, 1.165) is 17.8 Å². The molecule has 0 spiro atoms. The summed E-state index contributed by atoms with van der Waals surface area (Å²) in [5, 5.41) is 1.42. The molecule has 2 fully saturated rings. The largest absolute Gasteiger partial charge is 0.341 e.